The number of hydrogen-bond donors (Lipinski definition) is 2. The average Bonchev–Trinajstić information content (AvgIpc) is 2.83. The molecule has 0 saturated heterocycles. The fourth-order valence-corrected chi connectivity index (χ4v) is 2.86. The van der Waals surface area contributed by atoms with E-state index in [4.69, 9.17) is 5.73 Å². The van der Waals surface area contributed by atoms with Gasteiger partial charge in [-0.15, -0.1) is 0 Å². The fraction of sp³-hybridized carbons (Fsp3) is 0.636. The van der Waals surface area contributed by atoms with Gasteiger partial charge in [0.05, 0.1) is 10.7 Å². The molecule has 1 heterocycles. The second kappa shape index (κ2) is 4.78. The van der Waals surface area contributed by atoms with Crippen LogP contribution in [0.25, 0.3) is 0 Å². The van der Waals surface area contributed by atoms with Crippen LogP contribution in [0.15, 0.2) is 16.9 Å². The molecule has 0 amide bonds. The number of aryl methyl sites for hydroxylation is 1. The zero-order valence-electron chi connectivity index (χ0n) is 9.47. The van der Waals surface area contributed by atoms with Gasteiger partial charge in [-0.25, -0.2) is 0 Å². The maximum atomic E-state index is 11.2. The number of nitrogens with two attached hydrogens (primary N) is 1. The van der Waals surface area contributed by atoms with Gasteiger partial charge in [-0.1, -0.05) is 6.42 Å². The highest BCUT2D eigenvalue weighted by atomic mass is 79.9. The van der Waals surface area contributed by atoms with Crippen molar-refractivity contribution in [2.75, 3.05) is 0 Å². The maximum Gasteiger partial charge on any atom is 0.323 e. The van der Waals surface area contributed by atoms with Crippen LogP contribution in [0.5, 0.6) is 0 Å². The van der Waals surface area contributed by atoms with Gasteiger partial charge in [-0.05, 0) is 41.1 Å². The van der Waals surface area contributed by atoms with E-state index in [1.165, 1.54) is 0 Å². The van der Waals surface area contributed by atoms with Gasteiger partial charge in [0, 0.05) is 12.7 Å². The largest absolute Gasteiger partial charge is 0.480 e. The number of hydrogen-bond acceptors (Lipinski definition) is 3. The monoisotopic (exact) mass is 301 g/mol. The Hall–Kier alpha value is -0.880. The standard InChI is InChI=1S/C11H16BrN3O2/c12-9-6-14-15(7-9)5-3-8-2-1-4-11(8,13)10(16)17/h6-8H,1-5,13H2,(H,16,17). The first kappa shape index (κ1) is 12.6. The third-order valence-electron chi connectivity index (χ3n) is 3.58. The predicted molar refractivity (Wildman–Crippen MR) is 66.4 cm³/mol. The third-order valence-corrected chi connectivity index (χ3v) is 3.99. The van der Waals surface area contributed by atoms with Crippen molar-refractivity contribution in [2.24, 2.45) is 11.7 Å². The first-order chi connectivity index (χ1) is 8.02. The summed E-state index contributed by atoms with van der Waals surface area (Å²) in [6, 6.07) is 0. The minimum Gasteiger partial charge on any atom is -0.480 e. The Morgan fingerprint density at radius 2 is 2.53 bits per heavy atom. The summed E-state index contributed by atoms with van der Waals surface area (Å²) in [5.41, 5.74) is 4.94. The molecule has 1 aromatic rings. The maximum absolute atomic E-state index is 11.2. The van der Waals surface area contributed by atoms with Crippen molar-refractivity contribution < 1.29 is 9.90 Å². The molecule has 1 aromatic heterocycles. The van der Waals surface area contributed by atoms with Crippen LogP contribution in [0.1, 0.15) is 25.7 Å². The zero-order chi connectivity index (χ0) is 12.5. The van der Waals surface area contributed by atoms with Gasteiger partial charge in [-0.3, -0.25) is 9.48 Å². The number of halogens is 1. The van der Waals surface area contributed by atoms with E-state index in [1.54, 1.807) is 6.20 Å². The summed E-state index contributed by atoms with van der Waals surface area (Å²) in [7, 11) is 0. The fourth-order valence-electron chi connectivity index (χ4n) is 2.53. The zero-order valence-corrected chi connectivity index (χ0v) is 11.1. The molecule has 0 bridgehead atoms. The molecule has 17 heavy (non-hydrogen) atoms. The van der Waals surface area contributed by atoms with Gasteiger partial charge >= 0.3 is 5.97 Å². The Kier molecular flexibility index (Phi) is 3.53. The number of carboxylic acid groups (broad SMARTS) is 1. The number of aliphatic carboxylic acids is 1. The summed E-state index contributed by atoms with van der Waals surface area (Å²) < 4.78 is 2.74. The predicted octanol–water partition coefficient (Wildman–Crippen LogP) is 1.62. The highest BCUT2D eigenvalue weighted by Gasteiger charge is 2.45. The summed E-state index contributed by atoms with van der Waals surface area (Å²) in [6.07, 6.45) is 6.74. The molecule has 5 nitrogen and oxygen atoms in total. The van der Waals surface area contributed by atoms with E-state index < -0.39 is 11.5 Å². The second-order valence-corrected chi connectivity index (χ2v) is 5.56. The quantitative estimate of drug-likeness (QED) is 0.885. The van der Waals surface area contributed by atoms with Gasteiger partial charge in [0.25, 0.3) is 0 Å². The van der Waals surface area contributed by atoms with Crippen molar-refractivity contribution in [2.45, 2.75) is 37.8 Å². The Morgan fingerprint density at radius 1 is 1.76 bits per heavy atom. The van der Waals surface area contributed by atoms with Crippen LogP contribution in [0.3, 0.4) is 0 Å². The number of carbonyl (C=O) groups is 1. The van der Waals surface area contributed by atoms with Crippen molar-refractivity contribution in [3.05, 3.63) is 16.9 Å². The van der Waals surface area contributed by atoms with E-state index >= 15 is 0 Å². The molecule has 1 saturated carbocycles. The number of carboxylic acids is 1. The lowest BCUT2D eigenvalue weighted by atomic mass is 9.86. The van der Waals surface area contributed by atoms with Crippen molar-refractivity contribution in [1.82, 2.24) is 9.78 Å². The molecule has 2 rings (SSSR count). The van der Waals surface area contributed by atoms with Gasteiger partial charge in [0.2, 0.25) is 0 Å². The molecular formula is C11H16BrN3O2. The summed E-state index contributed by atoms with van der Waals surface area (Å²) >= 11 is 3.33. The summed E-state index contributed by atoms with van der Waals surface area (Å²) in [4.78, 5) is 11.2. The smallest absolute Gasteiger partial charge is 0.323 e. The molecule has 6 heteroatoms. The van der Waals surface area contributed by atoms with Crippen molar-refractivity contribution in [3.63, 3.8) is 0 Å². The second-order valence-electron chi connectivity index (χ2n) is 4.64. The molecule has 0 aromatic carbocycles. The van der Waals surface area contributed by atoms with E-state index in [0.717, 1.165) is 23.7 Å². The highest BCUT2D eigenvalue weighted by Crippen LogP contribution is 2.36. The summed E-state index contributed by atoms with van der Waals surface area (Å²) in [5, 5.41) is 13.3. The van der Waals surface area contributed by atoms with Crippen LogP contribution in [0.4, 0.5) is 0 Å². The lowest BCUT2D eigenvalue weighted by molar-refractivity contribution is -0.144. The lowest BCUT2D eigenvalue weighted by Crippen LogP contribution is -2.51. The molecule has 0 spiro atoms. The van der Waals surface area contributed by atoms with Gasteiger partial charge in [0.1, 0.15) is 5.54 Å². The van der Waals surface area contributed by atoms with Crippen molar-refractivity contribution in [3.8, 4) is 0 Å². The molecule has 0 radical (unpaired) electrons. The van der Waals surface area contributed by atoms with E-state index in [0.29, 0.717) is 13.0 Å². The first-order valence-electron chi connectivity index (χ1n) is 5.72. The molecule has 94 valence electrons. The number of aromatic nitrogens is 2. The minimum absolute atomic E-state index is 0.0444. The van der Waals surface area contributed by atoms with E-state index in [2.05, 4.69) is 21.0 Å². The van der Waals surface area contributed by atoms with E-state index in [-0.39, 0.29) is 5.92 Å². The molecule has 1 aliphatic carbocycles. The molecule has 2 atom stereocenters. The van der Waals surface area contributed by atoms with Crippen LogP contribution >= 0.6 is 15.9 Å². The molecule has 2 unspecified atom stereocenters. The molecular weight excluding hydrogens is 286 g/mol. The van der Waals surface area contributed by atoms with Gasteiger partial charge < -0.3 is 10.8 Å². The SMILES string of the molecule is NC1(C(=O)O)CCCC1CCn1cc(Br)cn1. The van der Waals surface area contributed by atoms with Crippen LogP contribution in [-0.2, 0) is 11.3 Å². The van der Waals surface area contributed by atoms with Gasteiger partial charge in [-0.2, -0.15) is 5.10 Å². The first-order valence-corrected chi connectivity index (χ1v) is 6.52. The lowest BCUT2D eigenvalue weighted by Gasteiger charge is -2.26. The molecule has 0 aliphatic heterocycles. The summed E-state index contributed by atoms with van der Waals surface area (Å²) in [5.74, 6) is -0.829. The molecule has 1 fully saturated rings. The third kappa shape index (κ3) is 2.52. The van der Waals surface area contributed by atoms with Crippen LogP contribution in [-0.4, -0.2) is 26.4 Å². The Bertz CT molecular complexity index is 421. The van der Waals surface area contributed by atoms with Crippen molar-refractivity contribution >= 4 is 21.9 Å². The Labute approximate surface area is 108 Å². The Morgan fingerprint density at radius 3 is 3.12 bits per heavy atom. The minimum atomic E-state index is -1.04. The number of rotatable bonds is 4. The van der Waals surface area contributed by atoms with Crippen LogP contribution < -0.4 is 5.73 Å². The van der Waals surface area contributed by atoms with Crippen LogP contribution in [0, 0.1) is 5.92 Å². The normalized spacial score (nSPS) is 28.5. The number of nitrogens with zero attached hydrogens (tertiary/aromatic N) is 2. The average molecular weight is 302 g/mol. The summed E-state index contributed by atoms with van der Waals surface area (Å²) in [6.45, 7) is 0.711. The Balaban J connectivity index is 1.97. The van der Waals surface area contributed by atoms with Crippen LogP contribution in [0.2, 0.25) is 0 Å². The topological polar surface area (TPSA) is 81.1 Å². The van der Waals surface area contributed by atoms with E-state index in [1.807, 2.05) is 10.9 Å². The van der Waals surface area contributed by atoms with Gasteiger partial charge in [0.15, 0.2) is 0 Å². The highest BCUT2D eigenvalue weighted by molar-refractivity contribution is 9.10. The molecule has 1 aliphatic rings. The van der Waals surface area contributed by atoms with Crippen molar-refractivity contribution in [1.29, 1.82) is 0 Å². The molecule has 3 N–H and O–H groups in total. The van der Waals surface area contributed by atoms with E-state index in [9.17, 15) is 9.90 Å².